The van der Waals surface area contributed by atoms with Crippen molar-refractivity contribution in [3.05, 3.63) is 58.4 Å². The van der Waals surface area contributed by atoms with Crippen molar-refractivity contribution in [2.75, 3.05) is 12.4 Å². The van der Waals surface area contributed by atoms with Crippen LogP contribution in [0.25, 0.3) is 5.69 Å². The van der Waals surface area contributed by atoms with Crippen LogP contribution in [0.1, 0.15) is 67.0 Å². The van der Waals surface area contributed by atoms with Crippen LogP contribution >= 0.6 is 11.3 Å². The van der Waals surface area contributed by atoms with E-state index in [0.717, 1.165) is 35.6 Å². The van der Waals surface area contributed by atoms with Gasteiger partial charge in [-0.1, -0.05) is 32.9 Å². The number of hydrogen-bond donors (Lipinski definition) is 2. The number of benzene rings is 1. The van der Waals surface area contributed by atoms with E-state index in [4.69, 9.17) is 0 Å². The van der Waals surface area contributed by atoms with Gasteiger partial charge in [-0.3, -0.25) is 4.79 Å². The van der Waals surface area contributed by atoms with E-state index in [0.29, 0.717) is 5.69 Å². The lowest BCUT2D eigenvalue weighted by Gasteiger charge is -2.24. The fourth-order valence-electron chi connectivity index (χ4n) is 3.76. The maximum absolute atomic E-state index is 12.6. The zero-order valence-corrected chi connectivity index (χ0v) is 18.1. The molecule has 1 unspecified atom stereocenters. The van der Waals surface area contributed by atoms with E-state index < -0.39 is 0 Å². The van der Waals surface area contributed by atoms with Gasteiger partial charge in [0.1, 0.15) is 5.69 Å². The summed E-state index contributed by atoms with van der Waals surface area (Å²) in [7, 11) is 1.80. The third kappa shape index (κ3) is 3.92. The Hall–Kier alpha value is -2.67. The second kappa shape index (κ2) is 7.63. The number of nitrogens with one attached hydrogen (secondary N) is 2. The van der Waals surface area contributed by atoms with Crippen LogP contribution in [0.4, 0.5) is 5.13 Å². The summed E-state index contributed by atoms with van der Waals surface area (Å²) in [5, 5.41) is 13.3. The Kier molecular flexibility index (Phi) is 5.17. The summed E-state index contributed by atoms with van der Waals surface area (Å²) in [6, 6.07) is 8.57. The summed E-state index contributed by atoms with van der Waals surface area (Å²) in [6.07, 6.45) is 4.79. The van der Waals surface area contributed by atoms with Gasteiger partial charge in [0.2, 0.25) is 0 Å². The molecule has 0 saturated heterocycles. The molecule has 0 fully saturated rings. The number of anilines is 1. The van der Waals surface area contributed by atoms with Gasteiger partial charge in [-0.05, 0) is 42.4 Å². The number of nitrogens with zero attached hydrogens (tertiary/aromatic N) is 3. The minimum Gasteiger partial charge on any atom is -0.365 e. The van der Waals surface area contributed by atoms with E-state index in [1.165, 1.54) is 22.6 Å². The second-order valence-electron chi connectivity index (χ2n) is 8.46. The number of carbonyl (C=O) groups is 1. The molecule has 7 heteroatoms. The Bertz CT molecular complexity index is 1010. The van der Waals surface area contributed by atoms with Crippen molar-refractivity contribution < 1.29 is 4.79 Å². The molecule has 2 heterocycles. The molecule has 0 radical (unpaired) electrons. The lowest BCUT2D eigenvalue weighted by atomic mass is 9.87. The van der Waals surface area contributed by atoms with Gasteiger partial charge in [0, 0.05) is 23.7 Å². The summed E-state index contributed by atoms with van der Waals surface area (Å²) < 4.78 is 2.02. The van der Waals surface area contributed by atoms with Crippen LogP contribution in [0.3, 0.4) is 0 Å². The number of rotatable bonds is 4. The van der Waals surface area contributed by atoms with Crippen LogP contribution in [0.2, 0.25) is 0 Å². The molecule has 29 heavy (non-hydrogen) atoms. The molecule has 152 valence electrons. The van der Waals surface area contributed by atoms with Gasteiger partial charge in [0.25, 0.3) is 5.91 Å². The van der Waals surface area contributed by atoms with Crippen LogP contribution in [0, 0.1) is 0 Å². The minimum atomic E-state index is -0.136. The third-order valence-corrected chi connectivity index (χ3v) is 6.28. The first-order chi connectivity index (χ1) is 13.9. The molecule has 4 rings (SSSR count). The predicted molar refractivity (Wildman–Crippen MR) is 117 cm³/mol. The Morgan fingerprint density at radius 3 is 2.66 bits per heavy atom. The van der Waals surface area contributed by atoms with E-state index in [-0.39, 0.29) is 17.4 Å². The molecule has 0 spiro atoms. The first-order valence-corrected chi connectivity index (χ1v) is 10.9. The Morgan fingerprint density at radius 1 is 1.24 bits per heavy atom. The van der Waals surface area contributed by atoms with E-state index in [1.54, 1.807) is 12.4 Å². The van der Waals surface area contributed by atoms with Crippen LogP contribution in [0.15, 0.2) is 35.8 Å². The first kappa shape index (κ1) is 19.6. The molecular formula is C22H27N5OS. The van der Waals surface area contributed by atoms with Crippen molar-refractivity contribution in [2.24, 2.45) is 0 Å². The van der Waals surface area contributed by atoms with Gasteiger partial charge >= 0.3 is 0 Å². The summed E-state index contributed by atoms with van der Waals surface area (Å²) in [5.74, 6) is -0.136. The number of amides is 1. The highest BCUT2D eigenvalue weighted by Crippen LogP contribution is 2.32. The number of carbonyl (C=O) groups excluding carboxylic acids is 1. The molecule has 6 nitrogen and oxygen atoms in total. The molecule has 1 aliphatic rings. The molecule has 1 aliphatic carbocycles. The van der Waals surface area contributed by atoms with Crippen molar-refractivity contribution in [2.45, 2.75) is 51.5 Å². The molecule has 0 aliphatic heterocycles. The van der Waals surface area contributed by atoms with Crippen molar-refractivity contribution >= 4 is 22.4 Å². The zero-order chi connectivity index (χ0) is 20.6. The number of aromatic nitrogens is 3. The van der Waals surface area contributed by atoms with E-state index in [1.807, 2.05) is 10.9 Å². The maximum Gasteiger partial charge on any atom is 0.271 e. The number of hydrogen-bond acceptors (Lipinski definition) is 5. The lowest BCUT2D eigenvalue weighted by Crippen LogP contribution is -2.31. The van der Waals surface area contributed by atoms with Gasteiger partial charge in [0.15, 0.2) is 5.13 Å². The summed E-state index contributed by atoms with van der Waals surface area (Å²) in [6.45, 7) is 6.65. The van der Waals surface area contributed by atoms with Gasteiger partial charge in [-0.15, -0.1) is 11.3 Å². The monoisotopic (exact) mass is 409 g/mol. The van der Waals surface area contributed by atoms with Gasteiger partial charge in [-0.25, -0.2) is 9.67 Å². The predicted octanol–water partition coefficient (Wildman–Crippen LogP) is 4.48. The van der Waals surface area contributed by atoms with Crippen LogP contribution in [0.5, 0.6) is 0 Å². The highest BCUT2D eigenvalue weighted by atomic mass is 32.1. The average Bonchev–Trinajstić information content (AvgIpc) is 3.35. The lowest BCUT2D eigenvalue weighted by molar-refractivity contribution is 0.0928. The fourth-order valence-corrected chi connectivity index (χ4v) is 4.41. The number of thiazole rings is 1. The Morgan fingerprint density at radius 2 is 2.00 bits per heavy atom. The smallest absolute Gasteiger partial charge is 0.271 e. The topological polar surface area (TPSA) is 71.8 Å². The standard InChI is InChI=1S/C22H27N5OS/c1-22(2,3)14-8-10-15(11-9-14)27-19-7-5-6-17(16(19)12-24-27)25-20(28)18-13-29-21(23-4)26-18/h8-13,17H,5-7H2,1-4H3,(H,23,26)(H,25,28). The largest absolute Gasteiger partial charge is 0.365 e. The van der Waals surface area contributed by atoms with Crippen LogP contribution in [-0.2, 0) is 11.8 Å². The molecule has 1 aromatic carbocycles. The van der Waals surface area contributed by atoms with Crippen molar-refractivity contribution in [3.63, 3.8) is 0 Å². The molecule has 3 aromatic rings. The summed E-state index contributed by atoms with van der Waals surface area (Å²) in [5.41, 5.74) is 5.23. The molecule has 0 bridgehead atoms. The van der Waals surface area contributed by atoms with E-state index >= 15 is 0 Å². The highest BCUT2D eigenvalue weighted by molar-refractivity contribution is 7.13. The molecule has 0 saturated carbocycles. The first-order valence-electron chi connectivity index (χ1n) is 9.98. The Labute approximate surface area is 175 Å². The van der Waals surface area contributed by atoms with E-state index in [9.17, 15) is 4.79 Å². The van der Waals surface area contributed by atoms with Crippen molar-refractivity contribution in [1.82, 2.24) is 20.1 Å². The fraction of sp³-hybridized carbons (Fsp3) is 0.409. The van der Waals surface area contributed by atoms with Gasteiger partial charge < -0.3 is 10.6 Å². The summed E-state index contributed by atoms with van der Waals surface area (Å²) >= 11 is 1.43. The SMILES string of the molecule is CNc1nc(C(=O)NC2CCCc3c2cnn3-c2ccc(C(C)(C)C)cc2)cs1. The highest BCUT2D eigenvalue weighted by Gasteiger charge is 2.27. The van der Waals surface area contributed by atoms with E-state index in [2.05, 4.69) is 65.8 Å². The maximum atomic E-state index is 12.6. The van der Waals surface area contributed by atoms with Crippen molar-refractivity contribution in [3.8, 4) is 5.69 Å². The van der Waals surface area contributed by atoms with Crippen LogP contribution < -0.4 is 10.6 Å². The van der Waals surface area contributed by atoms with Gasteiger partial charge in [0.05, 0.1) is 17.9 Å². The molecule has 2 N–H and O–H groups in total. The quantitative estimate of drug-likeness (QED) is 0.667. The van der Waals surface area contributed by atoms with Gasteiger partial charge in [-0.2, -0.15) is 5.10 Å². The Balaban J connectivity index is 1.56. The van der Waals surface area contributed by atoms with Crippen molar-refractivity contribution in [1.29, 1.82) is 0 Å². The summed E-state index contributed by atoms with van der Waals surface area (Å²) in [4.78, 5) is 16.9. The normalized spacial score (nSPS) is 16.3. The molecular weight excluding hydrogens is 382 g/mol. The molecule has 1 atom stereocenters. The van der Waals surface area contributed by atoms with Crippen LogP contribution in [-0.4, -0.2) is 27.7 Å². The average molecular weight is 410 g/mol. The third-order valence-electron chi connectivity index (χ3n) is 5.42. The molecule has 2 aromatic heterocycles. The minimum absolute atomic E-state index is 0.0337. The zero-order valence-electron chi connectivity index (χ0n) is 17.3. The number of fused-ring (bicyclic) bond motifs is 1. The molecule has 1 amide bonds. The second-order valence-corrected chi connectivity index (χ2v) is 9.32.